The number of hydrazine groups is 1. The fraction of sp³-hybridized carbons (Fsp3) is 0.333. The molecule has 4 aliphatic rings. The second-order valence-corrected chi connectivity index (χ2v) is 19.0. The van der Waals surface area contributed by atoms with Gasteiger partial charge in [0.2, 0.25) is 11.8 Å². The molecule has 316 valence electrons. The van der Waals surface area contributed by atoms with Crippen LogP contribution in [0.15, 0.2) is 60.2 Å². The van der Waals surface area contributed by atoms with Gasteiger partial charge in [0.1, 0.15) is 17.2 Å². The zero-order valence-electron chi connectivity index (χ0n) is 32.8. The van der Waals surface area contributed by atoms with Crippen molar-refractivity contribution in [3.63, 3.8) is 0 Å². The fourth-order valence-corrected chi connectivity index (χ4v) is 12.1. The lowest BCUT2D eigenvalue weighted by Gasteiger charge is -2.49. The summed E-state index contributed by atoms with van der Waals surface area (Å²) in [5.74, 6) is -7.16. The van der Waals surface area contributed by atoms with E-state index in [0.29, 0.717) is 31.5 Å². The number of nitrogens with zero attached hydrogens (tertiary/aromatic N) is 6. The number of methoxy groups -OCH3 is 1. The topological polar surface area (TPSA) is 138 Å². The third-order valence-electron chi connectivity index (χ3n) is 12.8. The van der Waals surface area contributed by atoms with Crippen LogP contribution in [0.4, 0.5) is 24.8 Å². The van der Waals surface area contributed by atoms with Crippen LogP contribution < -0.4 is 14.6 Å². The Kier molecular flexibility index (Phi) is 9.84. The van der Waals surface area contributed by atoms with Gasteiger partial charge in [-0.3, -0.25) is 28.9 Å². The highest BCUT2D eigenvalue weighted by Crippen LogP contribution is 2.64. The SMILES string of the molecule is COc1cc([C@H]2C3=CC[C@@H]4C(=O)N(N(C)c5nc(C(F)(F)F)ccc5Cl)C(=O)[C@@H]4[C@@H]3C[C@H]3C(=O)N(c4cc(-c5sc6ccc(Cl)cc6c5C)nn4C)C(=O)[C@@]23C)cc(I)c1O. The standard InChI is InChI=1S/C42H34Cl2F3IN6O6S/c1-17-22-14-19(43)6-10-29(22)61-35(17)27-16-31(51(3)50-27)53-38(57)24-15-23-20(33(41(24,2)40(53)59)18-12-26(48)34(55)28(13-18)60-5)7-8-21-32(23)39(58)54(37(21)56)52(4)36-25(44)9-11-30(49-36)42(45,46)47/h6-7,9-14,16,21,23-24,32-33,55H,8,15H2,1-5H3/t21-,23+,24-,32-,33-,41+/m0/s1. The summed E-state index contributed by atoms with van der Waals surface area (Å²) in [4.78, 5) is 64.8. The number of halogens is 6. The third-order valence-corrected chi connectivity index (χ3v) is 15.4. The molecule has 19 heteroatoms. The van der Waals surface area contributed by atoms with Crippen LogP contribution in [0.1, 0.15) is 42.5 Å². The van der Waals surface area contributed by atoms with Gasteiger partial charge < -0.3 is 9.84 Å². The number of pyridine rings is 1. The molecule has 1 saturated carbocycles. The van der Waals surface area contributed by atoms with Crippen LogP contribution in [0, 0.1) is 39.6 Å². The van der Waals surface area contributed by atoms with Crippen LogP contribution in [0.25, 0.3) is 20.7 Å². The van der Waals surface area contributed by atoms with Gasteiger partial charge in [-0.1, -0.05) is 34.9 Å². The Morgan fingerprint density at radius 3 is 2.48 bits per heavy atom. The van der Waals surface area contributed by atoms with E-state index >= 15 is 9.59 Å². The number of anilines is 2. The molecule has 2 aromatic carbocycles. The first-order chi connectivity index (χ1) is 28.8. The molecule has 9 rings (SSSR count). The molecule has 2 aliphatic carbocycles. The van der Waals surface area contributed by atoms with E-state index in [4.69, 9.17) is 33.0 Å². The fourth-order valence-electron chi connectivity index (χ4n) is 9.94. The first kappa shape index (κ1) is 41.6. The molecule has 4 amide bonds. The Balaban J connectivity index is 1.14. The first-order valence-electron chi connectivity index (χ1n) is 19.0. The number of carbonyl (C=O) groups excluding carboxylic acids is 4. The van der Waals surface area contributed by atoms with Gasteiger partial charge in [-0.15, -0.1) is 11.3 Å². The number of hydrogen-bond acceptors (Lipinski definition) is 10. The summed E-state index contributed by atoms with van der Waals surface area (Å²) in [6, 6.07) is 12.4. The van der Waals surface area contributed by atoms with Gasteiger partial charge in [0.15, 0.2) is 17.3 Å². The van der Waals surface area contributed by atoms with Crippen molar-refractivity contribution in [2.24, 2.45) is 36.1 Å². The van der Waals surface area contributed by atoms with Crippen molar-refractivity contribution in [3.05, 3.63) is 90.6 Å². The van der Waals surface area contributed by atoms with Crippen molar-refractivity contribution in [1.29, 1.82) is 0 Å². The molecule has 2 aliphatic heterocycles. The Morgan fingerprint density at radius 1 is 1.03 bits per heavy atom. The lowest BCUT2D eigenvalue weighted by molar-refractivity contribution is -0.141. The van der Waals surface area contributed by atoms with Gasteiger partial charge in [-0.05, 0) is 114 Å². The van der Waals surface area contributed by atoms with Gasteiger partial charge in [0, 0.05) is 35.8 Å². The summed E-state index contributed by atoms with van der Waals surface area (Å²) in [6.45, 7) is 3.69. The molecule has 0 radical (unpaired) electrons. The minimum absolute atomic E-state index is 0.00735. The minimum atomic E-state index is -4.83. The Bertz CT molecular complexity index is 2810. The lowest BCUT2D eigenvalue weighted by Crippen LogP contribution is -2.49. The molecule has 0 bridgehead atoms. The van der Waals surface area contributed by atoms with E-state index in [1.165, 1.54) is 30.2 Å². The van der Waals surface area contributed by atoms with E-state index in [0.717, 1.165) is 41.5 Å². The van der Waals surface area contributed by atoms with Gasteiger partial charge in [-0.25, -0.2) is 9.88 Å². The smallest absolute Gasteiger partial charge is 0.433 e. The molecule has 3 aromatic heterocycles. The van der Waals surface area contributed by atoms with Gasteiger partial charge in [0.05, 0.1) is 43.7 Å². The number of fused-ring (bicyclic) bond motifs is 5. The summed E-state index contributed by atoms with van der Waals surface area (Å²) in [6.07, 6.45) is -2.91. The summed E-state index contributed by atoms with van der Waals surface area (Å²) < 4.78 is 49.6. The van der Waals surface area contributed by atoms with E-state index in [9.17, 15) is 27.9 Å². The zero-order valence-corrected chi connectivity index (χ0v) is 37.3. The van der Waals surface area contributed by atoms with Crippen molar-refractivity contribution in [2.75, 3.05) is 24.1 Å². The molecule has 0 unspecified atom stereocenters. The van der Waals surface area contributed by atoms with Crippen molar-refractivity contribution in [2.45, 2.75) is 38.8 Å². The second kappa shape index (κ2) is 14.4. The summed E-state index contributed by atoms with van der Waals surface area (Å²) in [5.41, 5.74) is -0.0152. The maximum Gasteiger partial charge on any atom is 0.433 e. The van der Waals surface area contributed by atoms with Crippen molar-refractivity contribution in [3.8, 4) is 22.1 Å². The highest BCUT2D eigenvalue weighted by Gasteiger charge is 2.68. The molecule has 1 N–H and O–H groups in total. The molecule has 5 aromatic rings. The van der Waals surface area contributed by atoms with Crippen molar-refractivity contribution < 1.29 is 42.2 Å². The zero-order chi connectivity index (χ0) is 43.8. The summed E-state index contributed by atoms with van der Waals surface area (Å²) >= 11 is 16.1. The Labute approximate surface area is 374 Å². The molecular weight excluding hydrogens is 971 g/mol. The highest BCUT2D eigenvalue weighted by atomic mass is 127. The van der Waals surface area contributed by atoms with Gasteiger partial charge in [0.25, 0.3) is 11.8 Å². The number of imide groups is 2. The molecular formula is C42H34Cl2F3IN6O6S. The van der Waals surface area contributed by atoms with Crippen LogP contribution >= 0.6 is 57.1 Å². The number of allylic oxidation sites excluding steroid dienone is 2. The number of amides is 4. The number of phenolic OH excluding ortho intramolecular Hbond substituents is 1. The van der Waals surface area contributed by atoms with E-state index in [2.05, 4.69) is 4.98 Å². The van der Waals surface area contributed by atoms with Crippen LogP contribution in [0.3, 0.4) is 0 Å². The van der Waals surface area contributed by atoms with E-state index in [1.54, 1.807) is 32.2 Å². The predicted octanol–water partition coefficient (Wildman–Crippen LogP) is 8.93. The molecule has 61 heavy (non-hydrogen) atoms. The number of thiophene rings is 1. The average molecular weight is 1010 g/mol. The van der Waals surface area contributed by atoms with Crippen LogP contribution in [0.2, 0.25) is 10.0 Å². The molecule has 5 heterocycles. The van der Waals surface area contributed by atoms with Gasteiger partial charge in [-0.2, -0.15) is 23.3 Å². The van der Waals surface area contributed by atoms with E-state index in [-0.39, 0.29) is 35.2 Å². The summed E-state index contributed by atoms with van der Waals surface area (Å²) in [5, 5.41) is 18.7. The maximum absolute atomic E-state index is 15.3. The third kappa shape index (κ3) is 6.11. The first-order valence-corrected chi connectivity index (χ1v) is 21.7. The number of ether oxygens (including phenoxy) is 1. The second-order valence-electron chi connectivity index (χ2n) is 15.9. The Hall–Kier alpha value is -4.72. The number of hydrogen-bond donors (Lipinski definition) is 1. The maximum atomic E-state index is 15.3. The largest absolute Gasteiger partial charge is 0.504 e. The number of alkyl halides is 3. The van der Waals surface area contributed by atoms with Crippen LogP contribution in [-0.2, 0) is 32.4 Å². The number of rotatable bonds is 6. The van der Waals surface area contributed by atoms with Crippen LogP contribution in [-0.4, -0.2) is 62.7 Å². The Morgan fingerprint density at radius 2 is 1.77 bits per heavy atom. The molecule has 0 spiro atoms. The monoisotopic (exact) mass is 1000 g/mol. The number of phenols is 1. The highest BCUT2D eigenvalue weighted by molar-refractivity contribution is 14.1. The average Bonchev–Trinajstić information content (AvgIpc) is 3.88. The molecule has 3 fully saturated rings. The predicted molar refractivity (Wildman–Crippen MR) is 230 cm³/mol. The van der Waals surface area contributed by atoms with E-state index < -0.39 is 76.3 Å². The van der Waals surface area contributed by atoms with Crippen molar-refractivity contribution in [1.82, 2.24) is 19.8 Å². The van der Waals surface area contributed by atoms with Crippen LogP contribution in [0.5, 0.6) is 11.5 Å². The van der Waals surface area contributed by atoms with E-state index in [1.807, 2.05) is 53.8 Å². The normalized spacial score (nSPS) is 25.0. The number of carbonyl (C=O) groups is 4. The molecule has 6 atom stereocenters. The lowest BCUT2D eigenvalue weighted by atomic mass is 9.51. The quantitative estimate of drug-likeness (QED) is 0.100. The number of aryl methyl sites for hydroxylation is 2. The minimum Gasteiger partial charge on any atom is -0.504 e. The number of aromatic nitrogens is 3. The van der Waals surface area contributed by atoms with Crippen molar-refractivity contribution >= 4 is 102 Å². The van der Waals surface area contributed by atoms with Gasteiger partial charge >= 0.3 is 6.18 Å². The number of aromatic hydroxyl groups is 1. The molecule has 12 nitrogen and oxygen atoms in total. The number of benzene rings is 2. The summed E-state index contributed by atoms with van der Waals surface area (Å²) in [7, 11) is 4.29. The molecule has 2 saturated heterocycles.